The molecule has 68 valence electrons. The van der Waals surface area contributed by atoms with E-state index in [0.29, 0.717) is 0 Å². The first-order valence-electron chi connectivity index (χ1n) is 4.70. The fourth-order valence-corrected chi connectivity index (χ4v) is 3.04. The second-order valence-electron chi connectivity index (χ2n) is 2.69. The molecule has 0 spiro atoms. The molecular formula is C8H21NOSi. The largest absolute Gasteiger partial charge is 0.406 e. The van der Waals surface area contributed by atoms with Crippen molar-refractivity contribution in [1.82, 2.24) is 4.98 Å². The molecule has 0 saturated heterocycles. The molecule has 0 rings (SSSR count). The maximum absolute atomic E-state index is 5.61. The van der Waals surface area contributed by atoms with Crippen LogP contribution in [0.4, 0.5) is 0 Å². The number of hydrogen-bond donors (Lipinski definition) is 1. The van der Waals surface area contributed by atoms with Crippen LogP contribution in [-0.4, -0.2) is 22.4 Å². The number of rotatable bonds is 7. The van der Waals surface area contributed by atoms with E-state index >= 15 is 0 Å². The molecule has 0 aromatic rings. The summed E-state index contributed by atoms with van der Waals surface area (Å²) in [6.07, 6.45) is 2.45. The van der Waals surface area contributed by atoms with Gasteiger partial charge in [-0.1, -0.05) is 20.3 Å². The van der Waals surface area contributed by atoms with Crippen LogP contribution in [0, 0.1) is 0 Å². The van der Waals surface area contributed by atoms with Gasteiger partial charge in [0.05, 0.1) is 0 Å². The molecular weight excluding hydrogens is 154 g/mol. The lowest BCUT2D eigenvalue weighted by molar-refractivity contribution is 0.332. The molecule has 0 heterocycles. The molecule has 0 radical (unpaired) electrons. The number of nitrogens with one attached hydrogen (secondary N) is 1. The van der Waals surface area contributed by atoms with Crippen LogP contribution in [-0.2, 0) is 4.43 Å². The quantitative estimate of drug-likeness (QED) is 0.594. The van der Waals surface area contributed by atoms with Crippen molar-refractivity contribution in [1.29, 1.82) is 0 Å². The van der Waals surface area contributed by atoms with Crippen LogP contribution < -0.4 is 4.98 Å². The Bertz CT molecular complexity index is 74.5. The van der Waals surface area contributed by atoms with E-state index in [1.807, 2.05) is 0 Å². The minimum Gasteiger partial charge on any atom is -0.406 e. The maximum Gasteiger partial charge on any atom is 0.252 e. The molecule has 0 aliphatic rings. The molecule has 0 aromatic heterocycles. The zero-order chi connectivity index (χ0) is 8.53. The normalized spacial score (nSPS) is 13.4. The second-order valence-corrected chi connectivity index (χ2v) is 4.98. The van der Waals surface area contributed by atoms with E-state index in [0.717, 1.165) is 13.2 Å². The third kappa shape index (κ3) is 6.53. The Labute approximate surface area is 72.1 Å². The summed E-state index contributed by atoms with van der Waals surface area (Å²) >= 11 is 0. The molecule has 0 aromatic carbocycles. The summed E-state index contributed by atoms with van der Waals surface area (Å²) in [5.74, 6) is 0. The van der Waals surface area contributed by atoms with Crippen LogP contribution in [0.2, 0.25) is 6.04 Å². The Morgan fingerprint density at radius 2 is 1.91 bits per heavy atom. The molecule has 0 aliphatic carbocycles. The van der Waals surface area contributed by atoms with Crippen LogP contribution in [0.25, 0.3) is 0 Å². The summed E-state index contributed by atoms with van der Waals surface area (Å²) in [5.41, 5.74) is 0. The topological polar surface area (TPSA) is 21.3 Å². The second kappa shape index (κ2) is 8.24. The predicted molar refractivity (Wildman–Crippen MR) is 52.2 cm³/mol. The molecule has 1 unspecified atom stereocenters. The van der Waals surface area contributed by atoms with Gasteiger partial charge in [0.25, 0.3) is 9.20 Å². The summed E-state index contributed by atoms with van der Waals surface area (Å²) in [7, 11) is -1.00. The summed E-state index contributed by atoms with van der Waals surface area (Å²) < 4.78 is 5.61. The van der Waals surface area contributed by atoms with E-state index in [1.165, 1.54) is 18.9 Å². The zero-order valence-corrected chi connectivity index (χ0v) is 9.18. The van der Waals surface area contributed by atoms with Crippen LogP contribution in [0.15, 0.2) is 0 Å². The Hall–Kier alpha value is 0.137. The van der Waals surface area contributed by atoms with Gasteiger partial charge >= 0.3 is 0 Å². The maximum atomic E-state index is 5.61. The Morgan fingerprint density at radius 1 is 1.18 bits per heavy atom. The molecule has 0 amide bonds. The van der Waals surface area contributed by atoms with Crippen LogP contribution in [0.5, 0.6) is 0 Å². The third-order valence-corrected chi connectivity index (χ3v) is 4.12. The van der Waals surface area contributed by atoms with Gasteiger partial charge in [0.2, 0.25) is 0 Å². The smallest absolute Gasteiger partial charge is 0.252 e. The van der Waals surface area contributed by atoms with Crippen LogP contribution >= 0.6 is 0 Å². The zero-order valence-electron chi connectivity index (χ0n) is 8.02. The van der Waals surface area contributed by atoms with E-state index in [-0.39, 0.29) is 0 Å². The summed E-state index contributed by atoms with van der Waals surface area (Å²) in [6, 6.07) is 1.26. The fourth-order valence-electron chi connectivity index (χ4n) is 1.01. The molecule has 3 heteroatoms. The third-order valence-electron chi connectivity index (χ3n) is 1.54. The van der Waals surface area contributed by atoms with Crippen molar-refractivity contribution in [2.75, 3.05) is 13.2 Å². The first-order valence-corrected chi connectivity index (χ1v) is 6.56. The van der Waals surface area contributed by atoms with E-state index in [4.69, 9.17) is 4.43 Å². The van der Waals surface area contributed by atoms with Gasteiger partial charge < -0.3 is 9.41 Å². The predicted octanol–water partition coefficient (Wildman–Crippen LogP) is 1.65. The SMILES string of the molecule is CCCN[SiH](CCC)OCC. The Morgan fingerprint density at radius 3 is 2.36 bits per heavy atom. The van der Waals surface area contributed by atoms with Crippen molar-refractivity contribution in [3.05, 3.63) is 0 Å². The van der Waals surface area contributed by atoms with Gasteiger partial charge in [-0.2, -0.15) is 0 Å². The highest BCUT2D eigenvalue weighted by Crippen LogP contribution is 1.95. The minimum absolute atomic E-state index is 0.869. The van der Waals surface area contributed by atoms with Gasteiger partial charge in [-0.15, -0.1) is 0 Å². The summed E-state index contributed by atoms with van der Waals surface area (Å²) in [6.45, 7) is 8.47. The molecule has 0 aliphatic heterocycles. The first-order chi connectivity index (χ1) is 5.35. The molecule has 1 atom stereocenters. The first kappa shape index (κ1) is 11.1. The van der Waals surface area contributed by atoms with Crippen LogP contribution in [0.3, 0.4) is 0 Å². The average molecular weight is 175 g/mol. The van der Waals surface area contributed by atoms with Gasteiger partial charge in [-0.05, 0) is 25.9 Å². The van der Waals surface area contributed by atoms with Gasteiger partial charge in [0, 0.05) is 6.61 Å². The molecule has 0 bridgehead atoms. The highest BCUT2D eigenvalue weighted by Gasteiger charge is 2.07. The van der Waals surface area contributed by atoms with Gasteiger partial charge in [0.1, 0.15) is 0 Å². The summed E-state index contributed by atoms with van der Waals surface area (Å²) in [5, 5.41) is 0. The van der Waals surface area contributed by atoms with Gasteiger partial charge in [-0.25, -0.2) is 0 Å². The van der Waals surface area contributed by atoms with E-state index in [2.05, 4.69) is 25.8 Å². The number of hydrogen-bond acceptors (Lipinski definition) is 2. The van der Waals surface area contributed by atoms with Crippen molar-refractivity contribution in [2.45, 2.75) is 39.7 Å². The van der Waals surface area contributed by atoms with Crippen molar-refractivity contribution >= 4 is 9.20 Å². The van der Waals surface area contributed by atoms with Gasteiger partial charge in [0.15, 0.2) is 0 Å². The van der Waals surface area contributed by atoms with E-state index in [9.17, 15) is 0 Å². The fraction of sp³-hybridized carbons (Fsp3) is 1.00. The molecule has 0 fully saturated rings. The minimum atomic E-state index is -1.00. The monoisotopic (exact) mass is 175 g/mol. The summed E-state index contributed by atoms with van der Waals surface area (Å²) in [4.78, 5) is 3.49. The lowest BCUT2D eigenvalue weighted by Crippen LogP contribution is -2.37. The van der Waals surface area contributed by atoms with Crippen LogP contribution in [0.1, 0.15) is 33.6 Å². The highest BCUT2D eigenvalue weighted by atomic mass is 28.3. The highest BCUT2D eigenvalue weighted by molar-refractivity contribution is 6.48. The standard InChI is InChI=1S/C8H21NOSi/c1-4-7-9-11(8-5-2)10-6-3/h9,11H,4-8H2,1-3H3. The molecule has 1 N–H and O–H groups in total. The Kier molecular flexibility index (Phi) is 8.34. The lowest BCUT2D eigenvalue weighted by atomic mass is 10.5. The molecule has 2 nitrogen and oxygen atoms in total. The average Bonchev–Trinajstić information content (AvgIpc) is 2.01. The van der Waals surface area contributed by atoms with Crippen molar-refractivity contribution in [3.8, 4) is 0 Å². The van der Waals surface area contributed by atoms with E-state index < -0.39 is 9.20 Å². The molecule has 0 saturated carbocycles. The van der Waals surface area contributed by atoms with Crippen molar-refractivity contribution < 1.29 is 4.43 Å². The molecule has 11 heavy (non-hydrogen) atoms. The Balaban J connectivity index is 3.34. The van der Waals surface area contributed by atoms with Crippen molar-refractivity contribution in [3.63, 3.8) is 0 Å². The lowest BCUT2D eigenvalue weighted by Gasteiger charge is -2.14. The van der Waals surface area contributed by atoms with Gasteiger partial charge in [-0.3, -0.25) is 0 Å². The van der Waals surface area contributed by atoms with E-state index in [1.54, 1.807) is 0 Å². The van der Waals surface area contributed by atoms with Crippen molar-refractivity contribution in [2.24, 2.45) is 0 Å².